The van der Waals surface area contributed by atoms with Crippen molar-refractivity contribution >= 4 is 17.5 Å². The predicted molar refractivity (Wildman–Crippen MR) is 186 cm³/mol. The number of aliphatic hydroxyl groups is 1. The SMILES string of the molecule is CC(CO)N1C[C@@H](C)[C@@H](CN(C)Cc2ccc(Oc3ccccc3F)cc2)Oc2c(NC(=O)Cc3cc(C(F)(F)F)ccc3C(F)(F)F)cccc2C1=O. The summed E-state index contributed by atoms with van der Waals surface area (Å²) in [5.74, 6) is -2.02. The van der Waals surface area contributed by atoms with Crippen LogP contribution in [-0.2, 0) is 30.1 Å². The second-order valence-electron chi connectivity index (χ2n) is 13.3. The van der Waals surface area contributed by atoms with E-state index in [0.717, 1.165) is 5.56 Å². The number of anilines is 1. The highest BCUT2D eigenvalue weighted by molar-refractivity contribution is 6.02. The van der Waals surface area contributed by atoms with Crippen molar-refractivity contribution in [3.05, 3.63) is 119 Å². The first-order valence-corrected chi connectivity index (χ1v) is 16.9. The molecular weight excluding hydrogens is 723 g/mol. The van der Waals surface area contributed by atoms with Crippen LogP contribution < -0.4 is 14.8 Å². The van der Waals surface area contributed by atoms with Crippen LogP contribution in [0, 0.1) is 11.7 Å². The fourth-order valence-electron chi connectivity index (χ4n) is 6.12. The summed E-state index contributed by atoms with van der Waals surface area (Å²) in [4.78, 5) is 30.5. The lowest BCUT2D eigenvalue weighted by Crippen LogP contribution is -2.49. The van der Waals surface area contributed by atoms with E-state index in [1.54, 1.807) is 31.2 Å². The van der Waals surface area contributed by atoms with Crippen molar-refractivity contribution in [2.75, 3.05) is 32.1 Å². The zero-order valence-electron chi connectivity index (χ0n) is 29.5. The first kappa shape index (κ1) is 40.0. The largest absolute Gasteiger partial charge is 0.486 e. The second kappa shape index (κ2) is 16.5. The molecule has 0 fully saturated rings. The molecule has 54 heavy (non-hydrogen) atoms. The third-order valence-electron chi connectivity index (χ3n) is 8.99. The topological polar surface area (TPSA) is 91.3 Å². The molecule has 15 heteroatoms. The summed E-state index contributed by atoms with van der Waals surface area (Å²) in [7, 11) is 1.83. The molecule has 2 amide bonds. The lowest BCUT2D eigenvalue weighted by molar-refractivity contribution is -0.142. The fraction of sp³-hybridized carbons (Fsp3) is 0.333. The number of carbonyl (C=O) groups is 2. The van der Waals surface area contributed by atoms with Crippen LogP contribution in [0.3, 0.4) is 0 Å². The van der Waals surface area contributed by atoms with Gasteiger partial charge in [-0.25, -0.2) is 4.39 Å². The highest BCUT2D eigenvalue weighted by Crippen LogP contribution is 2.38. The van der Waals surface area contributed by atoms with Crippen LogP contribution in [0.2, 0.25) is 0 Å². The van der Waals surface area contributed by atoms with Crippen molar-refractivity contribution in [1.29, 1.82) is 0 Å². The van der Waals surface area contributed by atoms with E-state index in [1.807, 2.05) is 31.0 Å². The second-order valence-corrected chi connectivity index (χ2v) is 13.3. The Morgan fingerprint density at radius 2 is 1.70 bits per heavy atom. The molecule has 0 radical (unpaired) electrons. The molecule has 1 aliphatic heterocycles. The molecule has 4 aromatic carbocycles. The molecule has 0 saturated carbocycles. The van der Waals surface area contributed by atoms with Crippen LogP contribution in [0.25, 0.3) is 0 Å². The highest BCUT2D eigenvalue weighted by Gasteiger charge is 2.38. The van der Waals surface area contributed by atoms with Crippen LogP contribution in [0.5, 0.6) is 17.2 Å². The third-order valence-corrected chi connectivity index (χ3v) is 8.99. The van der Waals surface area contributed by atoms with Crippen LogP contribution in [-0.4, -0.2) is 65.6 Å². The highest BCUT2D eigenvalue weighted by atomic mass is 19.4. The van der Waals surface area contributed by atoms with E-state index in [4.69, 9.17) is 9.47 Å². The summed E-state index contributed by atoms with van der Waals surface area (Å²) < 4.78 is 108. The lowest BCUT2D eigenvalue weighted by Gasteiger charge is -2.38. The van der Waals surface area contributed by atoms with Crippen molar-refractivity contribution in [1.82, 2.24) is 9.80 Å². The van der Waals surface area contributed by atoms with E-state index < -0.39 is 65.2 Å². The standard InChI is InChI=1S/C39H38F7N3O5/c1-23-19-49(24(2)22-50)37(52)29-7-6-9-32(47-35(51)18-26-17-27(38(41,42)43)13-16-30(26)39(44,45)46)36(29)54-34(23)21-48(3)20-25-11-14-28(15-12-25)53-33-10-5-4-8-31(33)40/h4-17,23-24,34,50H,18-22H2,1-3H3,(H,47,51)/t23-,24?,34-/m1/s1. The van der Waals surface area contributed by atoms with Gasteiger partial charge in [0.15, 0.2) is 17.3 Å². The summed E-state index contributed by atoms with van der Waals surface area (Å²) in [5.41, 5.74) is -2.80. The lowest BCUT2D eigenvalue weighted by atomic mass is 9.98. The maximum Gasteiger partial charge on any atom is 0.416 e. The van der Waals surface area contributed by atoms with E-state index >= 15 is 0 Å². The molecule has 0 bridgehead atoms. The maximum atomic E-state index is 14.0. The first-order valence-electron chi connectivity index (χ1n) is 16.9. The van der Waals surface area contributed by atoms with E-state index in [1.165, 1.54) is 35.2 Å². The average Bonchev–Trinajstić information content (AvgIpc) is 3.10. The number of likely N-dealkylation sites (N-methyl/N-ethyl adjacent to an activating group) is 1. The molecule has 0 spiro atoms. The Bertz CT molecular complexity index is 1950. The van der Waals surface area contributed by atoms with Gasteiger partial charge in [0, 0.05) is 25.6 Å². The van der Waals surface area contributed by atoms with Crippen LogP contribution in [0.15, 0.2) is 84.9 Å². The molecular formula is C39H38F7N3O5. The summed E-state index contributed by atoms with van der Waals surface area (Å²) in [6.07, 6.45) is -11.7. The molecule has 2 N–H and O–H groups in total. The van der Waals surface area contributed by atoms with Gasteiger partial charge >= 0.3 is 12.4 Å². The van der Waals surface area contributed by atoms with Crippen LogP contribution >= 0.6 is 0 Å². The Labute approximate surface area is 307 Å². The smallest absolute Gasteiger partial charge is 0.416 e. The summed E-state index contributed by atoms with van der Waals surface area (Å²) >= 11 is 0. The molecule has 1 aliphatic rings. The Kier molecular flexibility index (Phi) is 12.2. The Morgan fingerprint density at radius 1 is 1.00 bits per heavy atom. The van der Waals surface area contributed by atoms with Gasteiger partial charge in [-0.3, -0.25) is 14.5 Å². The molecule has 3 atom stereocenters. The van der Waals surface area contributed by atoms with Crippen molar-refractivity contribution < 1.29 is 54.9 Å². The van der Waals surface area contributed by atoms with Gasteiger partial charge < -0.3 is 24.8 Å². The maximum absolute atomic E-state index is 14.0. The van der Waals surface area contributed by atoms with Crippen molar-refractivity contribution in [2.24, 2.45) is 5.92 Å². The predicted octanol–water partition coefficient (Wildman–Crippen LogP) is 8.19. The zero-order valence-corrected chi connectivity index (χ0v) is 29.5. The van der Waals surface area contributed by atoms with Gasteiger partial charge in [-0.05, 0) is 79.7 Å². The minimum atomic E-state index is -5.03. The van der Waals surface area contributed by atoms with E-state index in [0.29, 0.717) is 30.5 Å². The van der Waals surface area contributed by atoms with Gasteiger partial charge in [0.05, 0.1) is 41.4 Å². The summed E-state index contributed by atoms with van der Waals surface area (Å²) in [6.45, 7) is 4.04. The third kappa shape index (κ3) is 9.68. The molecule has 0 aliphatic carbocycles. The van der Waals surface area contributed by atoms with Gasteiger partial charge in [0.1, 0.15) is 11.9 Å². The minimum Gasteiger partial charge on any atom is -0.486 e. The van der Waals surface area contributed by atoms with Gasteiger partial charge in [-0.15, -0.1) is 0 Å². The molecule has 1 heterocycles. The van der Waals surface area contributed by atoms with Gasteiger partial charge in [0.25, 0.3) is 5.91 Å². The number of halogens is 7. The van der Waals surface area contributed by atoms with Gasteiger partial charge in [-0.1, -0.05) is 37.3 Å². The fourth-order valence-corrected chi connectivity index (χ4v) is 6.12. The number of nitrogens with one attached hydrogen (secondary N) is 1. The molecule has 288 valence electrons. The number of alkyl halides is 6. The number of aliphatic hydroxyl groups excluding tert-OH is 1. The minimum absolute atomic E-state index is 0.00754. The molecule has 4 aromatic rings. The number of hydrogen-bond donors (Lipinski definition) is 2. The summed E-state index contributed by atoms with van der Waals surface area (Å²) in [5, 5.41) is 12.4. The quantitative estimate of drug-likeness (QED) is 0.150. The molecule has 8 nitrogen and oxygen atoms in total. The normalized spacial score (nSPS) is 17.0. The number of para-hydroxylation sites is 2. The number of amides is 2. The number of nitrogens with zero attached hydrogens (tertiary/aromatic N) is 2. The Balaban J connectivity index is 1.39. The van der Waals surface area contributed by atoms with Crippen molar-refractivity contribution in [2.45, 2.75) is 51.3 Å². The molecule has 0 aromatic heterocycles. The number of fused-ring (bicyclic) bond motifs is 1. The van der Waals surface area contributed by atoms with Crippen LogP contribution in [0.4, 0.5) is 36.4 Å². The number of benzene rings is 4. The van der Waals surface area contributed by atoms with E-state index in [2.05, 4.69) is 5.32 Å². The van der Waals surface area contributed by atoms with Gasteiger partial charge in [0.2, 0.25) is 5.91 Å². The van der Waals surface area contributed by atoms with E-state index in [-0.39, 0.29) is 48.4 Å². The number of ether oxygens (including phenoxy) is 2. The molecule has 0 saturated heterocycles. The molecule has 5 rings (SSSR count). The van der Waals surface area contributed by atoms with Crippen molar-refractivity contribution in [3.8, 4) is 17.2 Å². The number of rotatable bonds is 11. The Hall–Kier alpha value is -5.15. The summed E-state index contributed by atoms with van der Waals surface area (Å²) in [6, 6.07) is 17.6. The Morgan fingerprint density at radius 3 is 2.35 bits per heavy atom. The van der Waals surface area contributed by atoms with Crippen LogP contribution in [0.1, 0.15) is 46.5 Å². The first-order chi connectivity index (χ1) is 25.4. The zero-order chi connectivity index (χ0) is 39.4. The van der Waals surface area contributed by atoms with Crippen molar-refractivity contribution in [3.63, 3.8) is 0 Å². The van der Waals surface area contributed by atoms with Gasteiger partial charge in [-0.2, -0.15) is 26.3 Å². The average molecular weight is 762 g/mol. The monoisotopic (exact) mass is 761 g/mol. The van der Waals surface area contributed by atoms with E-state index in [9.17, 15) is 45.4 Å². The molecule has 1 unspecified atom stereocenters. The number of hydrogen-bond acceptors (Lipinski definition) is 6. The number of carbonyl (C=O) groups excluding carboxylic acids is 2.